The number of benzene rings is 1. The average Bonchev–Trinajstić information content (AvgIpc) is 2.63. The highest BCUT2D eigenvalue weighted by molar-refractivity contribution is 7.92. The van der Waals surface area contributed by atoms with Gasteiger partial charge in [0, 0.05) is 17.3 Å². The molecule has 6 nitrogen and oxygen atoms in total. The highest BCUT2D eigenvalue weighted by Gasteiger charge is 2.33. The van der Waals surface area contributed by atoms with E-state index in [2.05, 4.69) is 15.0 Å². The van der Waals surface area contributed by atoms with E-state index >= 15 is 0 Å². The molecule has 0 spiro atoms. The fourth-order valence-electron chi connectivity index (χ4n) is 2.64. The standard InChI is InChI=1S/C19H21ClF3N3O3S/c1-3-4-5-16-14(8-9-17(25-16)19(21,22)23)18(27)24-11-12-6-7-13(10-15(12)20)26-30(2,28)29/h6-10,26H,3-5,11H2,1-2H3,(H,24,27). The molecule has 0 fully saturated rings. The third kappa shape index (κ3) is 6.88. The minimum absolute atomic E-state index is 0.00502. The van der Waals surface area contributed by atoms with Crippen molar-refractivity contribution in [3.63, 3.8) is 0 Å². The van der Waals surface area contributed by atoms with Gasteiger partial charge in [-0.15, -0.1) is 0 Å². The predicted octanol–water partition coefficient (Wildman–Crippen LogP) is 4.40. The first-order valence-corrected chi connectivity index (χ1v) is 11.3. The zero-order chi connectivity index (χ0) is 22.5. The summed E-state index contributed by atoms with van der Waals surface area (Å²) in [5.74, 6) is -0.572. The fourth-order valence-corrected chi connectivity index (χ4v) is 3.44. The number of carbonyl (C=O) groups is 1. The lowest BCUT2D eigenvalue weighted by Gasteiger charge is -2.13. The quantitative estimate of drug-likeness (QED) is 0.607. The van der Waals surface area contributed by atoms with Crippen molar-refractivity contribution in [2.75, 3.05) is 11.0 Å². The number of anilines is 1. The van der Waals surface area contributed by atoms with Crippen molar-refractivity contribution < 1.29 is 26.4 Å². The van der Waals surface area contributed by atoms with E-state index in [0.717, 1.165) is 24.8 Å². The van der Waals surface area contributed by atoms with Crippen LogP contribution in [0.2, 0.25) is 5.02 Å². The molecule has 0 bridgehead atoms. The summed E-state index contributed by atoms with van der Waals surface area (Å²) in [7, 11) is -3.46. The average molecular weight is 464 g/mol. The number of carbonyl (C=O) groups excluding carboxylic acids is 1. The van der Waals surface area contributed by atoms with Crippen molar-refractivity contribution in [1.82, 2.24) is 10.3 Å². The van der Waals surface area contributed by atoms with Crippen molar-refractivity contribution in [2.45, 2.75) is 38.9 Å². The molecule has 0 saturated carbocycles. The van der Waals surface area contributed by atoms with Gasteiger partial charge in [0.25, 0.3) is 5.91 Å². The summed E-state index contributed by atoms with van der Waals surface area (Å²) in [4.78, 5) is 16.2. The van der Waals surface area contributed by atoms with Crippen LogP contribution in [0.25, 0.3) is 0 Å². The lowest BCUT2D eigenvalue weighted by Crippen LogP contribution is -2.25. The smallest absolute Gasteiger partial charge is 0.348 e. The predicted molar refractivity (Wildman–Crippen MR) is 109 cm³/mol. The van der Waals surface area contributed by atoms with Gasteiger partial charge in [-0.1, -0.05) is 31.0 Å². The van der Waals surface area contributed by atoms with Gasteiger partial charge in [0.05, 0.1) is 17.5 Å². The highest BCUT2D eigenvalue weighted by atomic mass is 35.5. The zero-order valence-electron chi connectivity index (χ0n) is 16.3. The number of nitrogens with one attached hydrogen (secondary N) is 2. The largest absolute Gasteiger partial charge is 0.433 e. The van der Waals surface area contributed by atoms with Gasteiger partial charge >= 0.3 is 6.18 Å². The summed E-state index contributed by atoms with van der Waals surface area (Å²) < 4.78 is 63.7. The SMILES string of the molecule is CCCCc1nc(C(F)(F)F)ccc1C(=O)NCc1ccc(NS(C)(=O)=O)cc1Cl. The van der Waals surface area contributed by atoms with E-state index in [0.29, 0.717) is 12.0 Å². The highest BCUT2D eigenvalue weighted by Crippen LogP contribution is 2.29. The van der Waals surface area contributed by atoms with Crippen LogP contribution < -0.4 is 10.0 Å². The van der Waals surface area contributed by atoms with Gasteiger partial charge in [0.15, 0.2) is 0 Å². The number of sulfonamides is 1. The first-order chi connectivity index (χ1) is 13.9. The number of pyridine rings is 1. The zero-order valence-corrected chi connectivity index (χ0v) is 17.9. The Morgan fingerprint density at radius 2 is 1.90 bits per heavy atom. The van der Waals surface area contributed by atoms with Gasteiger partial charge in [-0.05, 0) is 42.7 Å². The number of unbranched alkanes of at least 4 members (excludes halogenated alkanes) is 1. The summed E-state index contributed by atoms with van der Waals surface area (Å²) in [6.45, 7) is 1.89. The minimum Gasteiger partial charge on any atom is -0.348 e. The third-order valence-corrected chi connectivity index (χ3v) is 5.03. The molecule has 1 amide bonds. The Morgan fingerprint density at radius 3 is 2.47 bits per heavy atom. The lowest BCUT2D eigenvalue weighted by molar-refractivity contribution is -0.141. The summed E-state index contributed by atoms with van der Waals surface area (Å²) in [5, 5.41) is 2.84. The van der Waals surface area contributed by atoms with Crippen LogP contribution in [0.4, 0.5) is 18.9 Å². The van der Waals surface area contributed by atoms with Crippen LogP contribution in [0.5, 0.6) is 0 Å². The molecule has 0 aliphatic heterocycles. The molecule has 0 aliphatic rings. The summed E-state index contributed by atoms with van der Waals surface area (Å²) >= 11 is 6.14. The lowest BCUT2D eigenvalue weighted by atomic mass is 10.1. The van der Waals surface area contributed by atoms with E-state index in [4.69, 9.17) is 11.6 Å². The van der Waals surface area contributed by atoms with Gasteiger partial charge in [-0.3, -0.25) is 9.52 Å². The topological polar surface area (TPSA) is 88.2 Å². The fraction of sp³-hybridized carbons (Fsp3) is 0.368. The van der Waals surface area contributed by atoms with Gasteiger partial charge in [0.2, 0.25) is 10.0 Å². The van der Waals surface area contributed by atoms with Crippen LogP contribution >= 0.6 is 11.6 Å². The minimum atomic E-state index is -4.59. The monoisotopic (exact) mass is 463 g/mol. The molecule has 30 heavy (non-hydrogen) atoms. The molecule has 0 aliphatic carbocycles. The van der Waals surface area contributed by atoms with E-state index in [1.54, 1.807) is 6.07 Å². The number of hydrogen-bond acceptors (Lipinski definition) is 4. The molecule has 0 atom stereocenters. The van der Waals surface area contributed by atoms with Crippen molar-refractivity contribution in [2.24, 2.45) is 0 Å². The maximum Gasteiger partial charge on any atom is 0.433 e. The van der Waals surface area contributed by atoms with Gasteiger partial charge in [0.1, 0.15) is 5.69 Å². The van der Waals surface area contributed by atoms with E-state index in [1.807, 2.05) is 6.92 Å². The van der Waals surface area contributed by atoms with Crippen molar-refractivity contribution in [3.8, 4) is 0 Å². The van der Waals surface area contributed by atoms with Gasteiger partial charge in [-0.2, -0.15) is 13.2 Å². The van der Waals surface area contributed by atoms with Crippen LogP contribution in [0, 0.1) is 0 Å². The normalized spacial score (nSPS) is 11.9. The van der Waals surface area contributed by atoms with E-state index < -0.39 is 27.8 Å². The Bertz CT molecular complexity index is 1030. The van der Waals surface area contributed by atoms with E-state index in [1.165, 1.54) is 12.1 Å². The molecule has 164 valence electrons. The molecular formula is C19H21ClF3N3O3S. The van der Waals surface area contributed by atoms with Gasteiger partial charge < -0.3 is 5.32 Å². The molecule has 1 heterocycles. The summed E-state index contributed by atoms with van der Waals surface area (Å²) in [6.07, 6.45) is -2.01. The molecule has 0 saturated heterocycles. The molecule has 1 aromatic carbocycles. The number of hydrogen-bond donors (Lipinski definition) is 2. The third-order valence-electron chi connectivity index (χ3n) is 4.07. The Morgan fingerprint density at radius 1 is 1.20 bits per heavy atom. The van der Waals surface area contributed by atoms with Crippen LogP contribution in [-0.4, -0.2) is 25.6 Å². The van der Waals surface area contributed by atoms with Crippen LogP contribution in [0.15, 0.2) is 30.3 Å². The number of rotatable bonds is 8. The summed E-state index contributed by atoms with van der Waals surface area (Å²) in [5.41, 5.74) is -0.0986. The second-order valence-electron chi connectivity index (χ2n) is 6.66. The van der Waals surface area contributed by atoms with Crippen LogP contribution in [0.3, 0.4) is 0 Å². The number of alkyl halides is 3. The molecular weight excluding hydrogens is 443 g/mol. The second-order valence-corrected chi connectivity index (χ2v) is 8.81. The Balaban J connectivity index is 2.17. The van der Waals surface area contributed by atoms with Crippen molar-refractivity contribution in [1.29, 1.82) is 0 Å². The Hall–Kier alpha value is -2.33. The molecule has 2 N–H and O–H groups in total. The molecule has 11 heteroatoms. The molecule has 0 unspecified atom stereocenters. The Labute approximate surface area is 177 Å². The van der Waals surface area contributed by atoms with E-state index in [-0.39, 0.29) is 34.9 Å². The number of aryl methyl sites for hydroxylation is 1. The van der Waals surface area contributed by atoms with Crippen LogP contribution in [0.1, 0.15) is 47.1 Å². The van der Waals surface area contributed by atoms with Crippen molar-refractivity contribution >= 4 is 33.2 Å². The number of halogens is 4. The van der Waals surface area contributed by atoms with Crippen LogP contribution in [-0.2, 0) is 29.2 Å². The van der Waals surface area contributed by atoms with Gasteiger partial charge in [-0.25, -0.2) is 13.4 Å². The maximum absolute atomic E-state index is 13.0. The van der Waals surface area contributed by atoms with E-state index in [9.17, 15) is 26.4 Å². The number of amides is 1. The maximum atomic E-state index is 13.0. The molecule has 2 aromatic rings. The first-order valence-electron chi connectivity index (χ1n) is 9.02. The second kappa shape index (κ2) is 9.65. The number of nitrogens with zero attached hydrogens (tertiary/aromatic N) is 1. The molecule has 2 rings (SSSR count). The first kappa shape index (κ1) is 23.9. The number of aromatic nitrogens is 1. The molecule has 0 radical (unpaired) electrons. The Kier molecular flexibility index (Phi) is 7.70. The van der Waals surface area contributed by atoms with Crippen molar-refractivity contribution in [3.05, 3.63) is 57.9 Å². The molecule has 1 aromatic heterocycles. The summed E-state index contributed by atoms with van der Waals surface area (Å²) in [6, 6.07) is 6.33.